The van der Waals surface area contributed by atoms with Gasteiger partial charge >= 0.3 is 0 Å². The average molecular weight is 540 g/mol. The summed E-state index contributed by atoms with van der Waals surface area (Å²) in [5.74, 6) is -0.743. The topological polar surface area (TPSA) is 156 Å². The lowest BCUT2D eigenvalue weighted by Gasteiger charge is -2.59. The molecule has 1 saturated heterocycles. The van der Waals surface area contributed by atoms with E-state index in [0.717, 1.165) is 12.0 Å². The summed E-state index contributed by atoms with van der Waals surface area (Å²) in [5, 5.41) is 42.9. The summed E-state index contributed by atoms with van der Waals surface area (Å²) < 4.78 is 12.8. The fraction of sp³-hybridized carbons (Fsp3) is 0.586. The fourth-order valence-corrected chi connectivity index (χ4v) is 8.87. The number of aliphatic hydroxyl groups is 3. The number of Topliss-reactive ketones (excluding diaryl/α,β-unsaturated/α-hetero) is 1. The molecule has 6 rings (SSSR count). The molecule has 1 aromatic carbocycles. The van der Waals surface area contributed by atoms with Gasteiger partial charge in [-0.2, -0.15) is 0 Å². The number of fused-ring (bicyclic) bond motifs is 7. The van der Waals surface area contributed by atoms with E-state index in [1.807, 2.05) is 13.0 Å². The predicted octanol–water partition coefficient (Wildman–Crippen LogP) is 2.69. The number of ketones is 2. The minimum Gasteiger partial charge on any atom is -0.393 e. The largest absolute Gasteiger partial charge is 0.393 e. The van der Waals surface area contributed by atoms with Crippen LogP contribution in [0.1, 0.15) is 56.9 Å². The molecule has 10 nitrogen and oxygen atoms in total. The van der Waals surface area contributed by atoms with E-state index >= 15 is 0 Å². The monoisotopic (exact) mass is 539 g/mol. The van der Waals surface area contributed by atoms with Crippen molar-refractivity contribution < 1.29 is 39.3 Å². The van der Waals surface area contributed by atoms with Crippen molar-refractivity contribution in [3.8, 4) is 0 Å². The lowest BCUT2D eigenvalue weighted by Crippen LogP contribution is -2.63. The third-order valence-electron chi connectivity index (χ3n) is 10.5. The Labute approximate surface area is 225 Å². The van der Waals surface area contributed by atoms with Crippen molar-refractivity contribution in [3.63, 3.8) is 0 Å². The maximum Gasteiger partial charge on any atom is 0.275 e. The lowest BCUT2D eigenvalue weighted by atomic mass is 9.46. The Bertz CT molecular complexity index is 1320. The molecule has 0 amide bonds. The maximum atomic E-state index is 13.6. The van der Waals surface area contributed by atoms with Crippen LogP contribution in [-0.4, -0.2) is 56.2 Å². The van der Waals surface area contributed by atoms with Crippen LogP contribution in [0.3, 0.4) is 0 Å². The first-order valence-electron chi connectivity index (χ1n) is 13.5. The zero-order valence-corrected chi connectivity index (χ0v) is 21.9. The molecule has 1 heterocycles. The van der Waals surface area contributed by atoms with Crippen LogP contribution in [-0.2, 0) is 25.7 Å². The Morgan fingerprint density at radius 3 is 2.72 bits per heavy atom. The first kappa shape index (κ1) is 26.5. The van der Waals surface area contributed by atoms with Crippen molar-refractivity contribution >= 4 is 17.3 Å². The Hall–Kier alpha value is -2.76. The van der Waals surface area contributed by atoms with E-state index in [4.69, 9.17) is 9.47 Å². The number of benzene rings is 1. The summed E-state index contributed by atoms with van der Waals surface area (Å²) in [6, 6.07) is 4.29. The minimum atomic E-state index is -1.54. The molecule has 0 bridgehead atoms. The van der Waals surface area contributed by atoms with Gasteiger partial charge in [-0.25, -0.2) is 0 Å². The first-order valence-corrected chi connectivity index (χ1v) is 13.5. The number of carbonyl (C=O) groups is 2. The Kier molecular flexibility index (Phi) is 6.02. The molecule has 0 aromatic heterocycles. The van der Waals surface area contributed by atoms with Crippen LogP contribution in [0.15, 0.2) is 42.0 Å². The van der Waals surface area contributed by atoms with Gasteiger partial charge in [0.05, 0.1) is 29.3 Å². The Balaban J connectivity index is 1.38. The van der Waals surface area contributed by atoms with Gasteiger partial charge in [-0.3, -0.25) is 19.7 Å². The quantitative estimate of drug-likeness (QED) is 0.378. The number of ether oxygens (including phenoxy) is 2. The normalized spacial score (nSPS) is 42.3. The number of aliphatic hydroxyl groups excluding tert-OH is 3. The summed E-state index contributed by atoms with van der Waals surface area (Å²) >= 11 is 0. The van der Waals surface area contributed by atoms with Crippen molar-refractivity contribution in [1.82, 2.24) is 0 Å². The van der Waals surface area contributed by atoms with E-state index in [-0.39, 0.29) is 41.2 Å². The van der Waals surface area contributed by atoms with E-state index in [1.165, 1.54) is 12.1 Å². The highest BCUT2D eigenvalue weighted by molar-refractivity contribution is 6.01. The van der Waals surface area contributed by atoms with Crippen molar-refractivity contribution in [1.29, 1.82) is 0 Å². The number of hydrogen-bond donors (Lipinski definition) is 3. The van der Waals surface area contributed by atoms with Gasteiger partial charge in [0.1, 0.15) is 6.61 Å². The van der Waals surface area contributed by atoms with Crippen LogP contribution < -0.4 is 0 Å². The van der Waals surface area contributed by atoms with Gasteiger partial charge in [0.15, 0.2) is 23.5 Å². The molecule has 208 valence electrons. The van der Waals surface area contributed by atoms with Crippen molar-refractivity contribution in [2.75, 3.05) is 6.61 Å². The Morgan fingerprint density at radius 2 is 2.03 bits per heavy atom. The van der Waals surface area contributed by atoms with E-state index < -0.39 is 58.8 Å². The van der Waals surface area contributed by atoms with Gasteiger partial charge in [0, 0.05) is 28.4 Å². The SMILES string of the molecule is C[C@]12C=CC(=O)C=C1CC[C@@H]1[C@@H]2[C@@H](O)C[C@@]2(C)[C@H]1C[C@H]1OC(c3ccc(CO)c([N+](=O)[O-])c3)O[C@]12C(=O)CO. The van der Waals surface area contributed by atoms with Crippen molar-refractivity contribution in [2.45, 2.75) is 70.2 Å². The smallest absolute Gasteiger partial charge is 0.275 e. The van der Waals surface area contributed by atoms with E-state index in [1.54, 1.807) is 18.2 Å². The summed E-state index contributed by atoms with van der Waals surface area (Å²) in [6.45, 7) is 2.73. The van der Waals surface area contributed by atoms with Gasteiger partial charge < -0.3 is 24.8 Å². The molecule has 1 aromatic rings. The van der Waals surface area contributed by atoms with E-state index in [2.05, 4.69) is 6.92 Å². The molecule has 0 radical (unpaired) electrons. The maximum absolute atomic E-state index is 13.6. The van der Waals surface area contributed by atoms with Gasteiger partial charge in [0.25, 0.3) is 5.69 Å². The van der Waals surface area contributed by atoms with Crippen LogP contribution in [0.2, 0.25) is 0 Å². The zero-order valence-electron chi connectivity index (χ0n) is 21.9. The van der Waals surface area contributed by atoms with Gasteiger partial charge in [-0.15, -0.1) is 0 Å². The molecule has 1 aliphatic heterocycles. The number of carbonyl (C=O) groups excluding carboxylic acids is 2. The molecule has 3 N–H and O–H groups in total. The van der Waals surface area contributed by atoms with E-state index in [0.29, 0.717) is 18.4 Å². The molecule has 10 heteroatoms. The second-order valence-electron chi connectivity index (χ2n) is 12.1. The summed E-state index contributed by atoms with van der Waals surface area (Å²) in [7, 11) is 0. The highest BCUT2D eigenvalue weighted by Crippen LogP contribution is 2.70. The number of nitrogens with zero attached hydrogens (tertiary/aromatic N) is 1. The fourth-order valence-electron chi connectivity index (χ4n) is 8.87. The lowest BCUT2D eigenvalue weighted by molar-refractivity contribution is -0.386. The number of allylic oxidation sites excluding steroid dienone is 4. The molecule has 39 heavy (non-hydrogen) atoms. The van der Waals surface area contributed by atoms with Gasteiger partial charge in [-0.05, 0) is 55.7 Å². The van der Waals surface area contributed by atoms with Crippen LogP contribution in [0.5, 0.6) is 0 Å². The molecular weight excluding hydrogens is 506 g/mol. The standard InChI is InChI=1S/C29H33NO9/c1-27-8-7-18(33)10-17(27)5-6-19-20-11-24-29(23(35)14-32,28(20,2)12-22(34)25(19)27)39-26(38-24)15-3-4-16(13-31)21(9-15)30(36)37/h3-4,7-10,19-20,22,24-26,31-32,34H,5-6,11-14H2,1-2H3/t19-,20-,22-,24+,25+,26?,27-,28-,29+/m0/s1. The second-order valence-corrected chi connectivity index (χ2v) is 12.1. The summed E-state index contributed by atoms with van der Waals surface area (Å²) in [6.07, 6.45) is 4.76. The number of nitro benzene ring substituents is 1. The molecular formula is C29H33NO9. The van der Waals surface area contributed by atoms with Crippen LogP contribution in [0.25, 0.3) is 0 Å². The number of rotatable bonds is 5. The molecule has 9 atom stereocenters. The predicted molar refractivity (Wildman–Crippen MR) is 136 cm³/mol. The summed E-state index contributed by atoms with van der Waals surface area (Å²) in [4.78, 5) is 36.7. The van der Waals surface area contributed by atoms with Crippen molar-refractivity contribution in [2.24, 2.45) is 28.6 Å². The van der Waals surface area contributed by atoms with Crippen molar-refractivity contribution in [3.05, 3.63) is 63.2 Å². The average Bonchev–Trinajstić information content (AvgIpc) is 3.41. The zero-order chi connectivity index (χ0) is 27.9. The highest BCUT2D eigenvalue weighted by atomic mass is 16.7. The third-order valence-corrected chi connectivity index (χ3v) is 10.5. The van der Waals surface area contributed by atoms with Crippen LogP contribution in [0.4, 0.5) is 5.69 Å². The van der Waals surface area contributed by atoms with Gasteiger partial charge in [-0.1, -0.05) is 31.6 Å². The Morgan fingerprint density at radius 1 is 1.26 bits per heavy atom. The number of hydrogen-bond acceptors (Lipinski definition) is 9. The minimum absolute atomic E-state index is 0.0308. The second kappa shape index (κ2) is 8.87. The van der Waals surface area contributed by atoms with Crippen LogP contribution >= 0.6 is 0 Å². The molecule has 4 fully saturated rings. The highest BCUT2D eigenvalue weighted by Gasteiger charge is 2.75. The third kappa shape index (κ3) is 3.45. The number of nitro groups is 1. The molecule has 0 spiro atoms. The molecule has 5 aliphatic rings. The summed E-state index contributed by atoms with van der Waals surface area (Å²) in [5.41, 5.74) is -1.64. The molecule has 4 aliphatic carbocycles. The first-order chi connectivity index (χ1) is 18.5. The molecule has 1 unspecified atom stereocenters. The van der Waals surface area contributed by atoms with Crippen LogP contribution in [0, 0.1) is 38.7 Å². The van der Waals surface area contributed by atoms with E-state index in [9.17, 15) is 35.0 Å². The molecule has 3 saturated carbocycles. The van der Waals surface area contributed by atoms with Gasteiger partial charge in [0.2, 0.25) is 0 Å².